The number of nitro groups is 1. The van der Waals surface area contributed by atoms with Gasteiger partial charge in [-0.3, -0.25) is 14.9 Å². The molecule has 2 aromatic rings. The number of rotatable bonds is 5. The van der Waals surface area contributed by atoms with Crippen LogP contribution >= 0.6 is 11.8 Å². The van der Waals surface area contributed by atoms with Gasteiger partial charge in [-0.2, -0.15) is 5.26 Å². The van der Waals surface area contributed by atoms with Crippen molar-refractivity contribution in [3.8, 4) is 11.8 Å². The molecular weight excluding hydrogens is 330 g/mol. The van der Waals surface area contributed by atoms with Gasteiger partial charge in [-0.25, -0.2) is 0 Å². The van der Waals surface area contributed by atoms with Crippen LogP contribution in [0.3, 0.4) is 0 Å². The lowest BCUT2D eigenvalue weighted by atomic mass is 10.2. The van der Waals surface area contributed by atoms with Gasteiger partial charge in [-0.1, -0.05) is 11.8 Å². The predicted molar refractivity (Wildman–Crippen MR) is 89.2 cm³/mol. The number of nitrogens with one attached hydrogen (secondary N) is 1. The van der Waals surface area contributed by atoms with E-state index < -0.39 is 4.92 Å². The number of anilines is 1. The van der Waals surface area contributed by atoms with Crippen LogP contribution < -0.4 is 10.1 Å². The second-order valence-corrected chi connectivity index (χ2v) is 5.78. The summed E-state index contributed by atoms with van der Waals surface area (Å²) < 4.78 is 5.16. The molecule has 7 nitrogen and oxygen atoms in total. The number of carbonyl (C=O) groups is 1. The van der Waals surface area contributed by atoms with Crippen LogP contribution in [0, 0.1) is 21.4 Å². The molecule has 1 N–H and O–H groups in total. The van der Waals surface area contributed by atoms with Crippen LogP contribution in [-0.2, 0) is 4.79 Å². The van der Waals surface area contributed by atoms with Gasteiger partial charge in [-0.05, 0) is 30.3 Å². The second-order valence-electron chi connectivity index (χ2n) is 4.70. The summed E-state index contributed by atoms with van der Waals surface area (Å²) in [7, 11) is 1.51. The standard InChI is InChI=1S/C16H13N3O4S/c1-10(20)18-13-5-4-12(23-2)8-16(13)24-15-6-3-11(9-17)7-14(15)19(21)22/h3-8H,1-2H3,(H,18,20). The van der Waals surface area contributed by atoms with E-state index in [0.29, 0.717) is 21.2 Å². The normalized spacial score (nSPS) is 9.88. The first-order valence-corrected chi connectivity index (χ1v) is 7.58. The zero-order chi connectivity index (χ0) is 17.7. The van der Waals surface area contributed by atoms with Crippen LogP contribution in [0.4, 0.5) is 11.4 Å². The summed E-state index contributed by atoms with van der Waals surface area (Å²) in [5.74, 6) is 0.305. The number of ether oxygens (including phenoxy) is 1. The topological polar surface area (TPSA) is 105 Å². The summed E-state index contributed by atoms with van der Waals surface area (Å²) in [5, 5.41) is 22.8. The first kappa shape index (κ1) is 17.3. The Kier molecular flexibility index (Phi) is 5.39. The zero-order valence-electron chi connectivity index (χ0n) is 12.9. The maximum Gasteiger partial charge on any atom is 0.284 e. The van der Waals surface area contributed by atoms with E-state index in [9.17, 15) is 14.9 Å². The Bertz CT molecular complexity index is 846. The molecule has 0 atom stereocenters. The van der Waals surface area contributed by atoms with Crippen molar-refractivity contribution >= 4 is 29.0 Å². The molecule has 0 saturated heterocycles. The highest BCUT2D eigenvalue weighted by molar-refractivity contribution is 7.99. The maximum absolute atomic E-state index is 11.3. The summed E-state index contributed by atoms with van der Waals surface area (Å²) in [6.45, 7) is 1.38. The van der Waals surface area contributed by atoms with Gasteiger partial charge in [0.15, 0.2) is 0 Å². The predicted octanol–water partition coefficient (Wildman–Crippen LogP) is 3.58. The molecule has 0 aromatic heterocycles. The highest BCUT2D eigenvalue weighted by Crippen LogP contribution is 2.40. The van der Waals surface area contributed by atoms with Crippen molar-refractivity contribution in [1.82, 2.24) is 0 Å². The zero-order valence-corrected chi connectivity index (χ0v) is 13.7. The monoisotopic (exact) mass is 343 g/mol. The summed E-state index contributed by atoms with van der Waals surface area (Å²) in [5.41, 5.74) is 0.557. The van der Waals surface area contributed by atoms with Crippen molar-refractivity contribution < 1.29 is 14.5 Å². The third kappa shape index (κ3) is 4.02. The summed E-state index contributed by atoms with van der Waals surface area (Å²) in [6.07, 6.45) is 0. The number of hydrogen-bond acceptors (Lipinski definition) is 6. The van der Waals surface area contributed by atoms with Gasteiger partial charge in [0, 0.05) is 17.9 Å². The number of nitro benzene ring substituents is 1. The highest BCUT2D eigenvalue weighted by atomic mass is 32.2. The van der Waals surface area contributed by atoms with Crippen molar-refractivity contribution in [2.24, 2.45) is 0 Å². The summed E-state index contributed by atoms with van der Waals surface area (Å²) >= 11 is 1.11. The quantitative estimate of drug-likeness (QED) is 0.657. The van der Waals surface area contributed by atoms with Gasteiger partial charge < -0.3 is 10.1 Å². The molecular formula is C16H13N3O4S. The summed E-state index contributed by atoms with van der Waals surface area (Å²) in [6, 6.07) is 11.1. The molecule has 2 aromatic carbocycles. The van der Waals surface area contributed by atoms with Crippen LogP contribution in [-0.4, -0.2) is 17.9 Å². The van der Waals surface area contributed by atoms with E-state index in [1.165, 1.54) is 32.2 Å². The van der Waals surface area contributed by atoms with Crippen LogP contribution in [0.2, 0.25) is 0 Å². The number of amides is 1. The molecule has 1 amide bonds. The smallest absolute Gasteiger partial charge is 0.284 e. The van der Waals surface area contributed by atoms with E-state index in [0.717, 1.165) is 11.8 Å². The fourth-order valence-electron chi connectivity index (χ4n) is 1.94. The molecule has 2 rings (SSSR count). The fourth-order valence-corrected chi connectivity index (χ4v) is 2.96. The van der Waals surface area contributed by atoms with E-state index in [-0.39, 0.29) is 17.2 Å². The fraction of sp³-hybridized carbons (Fsp3) is 0.125. The molecule has 0 radical (unpaired) electrons. The average molecular weight is 343 g/mol. The molecule has 0 bridgehead atoms. The average Bonchev–Trinajstić information content (AvgIpc) is 2.56. The van der Waals surface area contributed by atoms with Crippen molar-refractivity contribution in [3.63, 3.8) is 0 Å². The Morgan fingerprint density at radius 3 is 2.62 bits per heavy atom. The lowest BCUT2D eigenvalue weighted by molar-refractivity contribution is -0.387. The van der Waals surface area contributed by atoms with E-state index in [1.54, 1.807) is 18.2 Å². The molecule has 0 saturated carbocycles. The van der Waals surface area contributed by atoms with E-state index >= 15 is 0 Å². The van der Waals surface area contributed by atoms with Crippen LogP contribution in [0.1, 0.15) is 12.5 Å². The van der Waals surface area contributed by atoms with Crippen molar-refractivity contribution in [1.29, 1.82) is 5.26 Å². The minimum Gasteiger partial charge on any atom is -0.497 e. The molecule has 0 fully saturated rings. The largest absolute Gasteiger partial charge is 0.497 e. The van der Waals surface area contributed by atoms with Crippen LogP contribution in [0.25, 0.3) is 0 Å². The number of benzene rings is 2. The Hall–Kier alpha value is -3.05. The van der Waals surface area contributed by atoms with Gasteiger partial charge in [-0.15, -0.1) is 0 Å². The SMILES string of the molecule is COc1ccc(NC(C)=O)c(Sc2ccc(C#N)cc2[N+](=O)[O-])c1. The number of nitriles is 1. The van der Waals surface area contributed by atoms with Gasteiger partial charge in [0.1, 0.15) is 5.75 Å². The van der Waals surface area contributed by atoms with Crippen LogP contribution in [0.5, 0.6) is 5.75 Å². The first-order valence-electron chi connectivity index (χ1n) is 6.76. The molecule has 122 valence electrons. The van der Waals surface area contributed by atoms with Gasteiger partial charge in [0.2, 0.25) is 5.91 Å². The summed E-state index contributed by atoms with van der Waals surface area (Å²) in [4.78, 5) is 23.0. The Labute approximate surface area is 142 Å². The number of nitrogens with zero attached hydrogens (tertiary/aromatic N) is 2. The van der Waals surface area contributed by atoms with Crippen molar-refractivity contribution in [2.75, 3.05) is 12.4 Å². The Morgan fingerprint density at radius 1 is 1.29 bits per heavy atom. The molecule has 0 spiro atoms. The second kappa shape index (κ2) is 7.48. The first-order chi connectivity index (χ1) is 11.4. The molecule has 0 unspecified atom stereocenters. The maximum atomic E-state index is 11.3. The van der Waals surface area contributed by atoms with Crippen molar-refractivity contribution in [2.45, 2.75) is 16.7 Å². The van der Waals surface area contributed by atoms with E-state index in [2.05, 4.69) is 5.32 Å². The lowest BCUT2D eigenvalue weighted by Crippen LogP contribution is -2.06. The van der Waals surface area contributed by atoms with Gasteiger partial charge in [0.05, 0.1) is 34.2 Å². The number of hydrogen-bond donors (Lipinski definition) is 1. The van der Waals surface area contributed by atoms with Crippen molar-refractivity contribution in [3.05, 3.63) is 52.1 Å². The molecule has 0 aliphatic rings. The molecule has 0 aliphatic heterocycles. The molecule has 8 heteroatoms. The number of carbonyl (C=O) groups excluding carboxylic acids is 1. The molecule has 0 aliphatic carbocycles. The highest BCUT2D eigenvalue weighted by Gasteiger charge is 2.18. The minimum atomic E-state index is -0.540. The van der Waals surface area contributed by atoms with Gasteiger partial charge in [0.25, 0.3) is 5.69 Å². The van der Waals surface area contributed by atoms with E-state index in [1.807, 2.05) is 6.07 Å². The Balaban J connectivity index is 2.48. The van der Waals surface area contributed by atoms with Gasteiger partial charge >= 0.3 is 0 Å². The molecule has 0 heterocycles. The lowest BCUT2D eigenvalue weighted by Gasteiger charge is -2.11. The third-order valence-corrected chi connectivity index (χ3v) is 4.13. The molecule has 24 heavy (non-hydrogen) atoms. The number of methoxy groups -OCH3 is 1. The van der Waals surface area contributed by atoms with E-state index in [4.69, 9.17) is 10.00 Å². The minimum absolute atomic E-state index is 0.171. The Morgan fingerprint density at radius 2 is 2.04 bits per heavy atom. The van der Waals surface area contributed by atoms with Crippen LogP contribution in [0.15, 0.2) is 46.2 Å². The third-order valence-electron chi connectivity index (χ3n) is 3.00.